The second-order valence-electron chi connectivity index (χ2n) is 20.1. The quantitative estimate of drug-likeness (QED) is 0.154. The van der Waals surface area contributed by atoms with Crippen molar-refractivity contribution in [2.45, 2.75) is 99.1 Å². The van der Waals surface area contributed by atoms with E-state index in [-0.39, 0.29) is 37.6 Å². The number of aromatic hydroxyl groups is 1. The number of phenolic OH excluding ortho intramolecular Hbond substituents is 1. The molecule has 2 heterocycles. The molecule has 1 N–H and O–H groups in total. The molecule has 8 heteroatoms. The minimum absolute atomic E-state index is 0. The van der Waals surface area contributed by atoms with Gasteiger partial charge in [-0.15, -0.1) is 35.4 Å². The Kier molecular flexibility index (Phi) is 12.9. The maximum atomic E-state index is 13.9. The molecule has 0 aliphatic heterocycles. The summed E-state index contributed by atoms with van der Waals surface area (Å²) in [7, 11) is 0. The van der Waals surface area contributed by atoms with Gasteiger partial charge in [-0.2, -0.15) is 13.2 Å². The first-order chi connectivity index (χ1) is 30.1. The third-order valence-corrected chi connectivity index (χ3v) is 12.7. The number of imidazole rings is 1. The topological polar surface area (TPSA) is 50.9 Å². The fourth-order valence-electron chi connectivity index (χ4n) is 9.27. The fraction of sp³-hybridized carbons (Fsp3) is 0.298. The van der Waals surface area contributed by atoms with Crippen LogP contribution in [0.2, 0.25) is 0 Å². The van der Waals surface area contributed by atoms with Gasteiger partial charge in [0.05, 0.1) is 22.2 Å². The summed E-state index contributed by atoms with van der Waals surface area (Å²) < 4.78 is 43.6. The molecule has 2 aromatic heterocycles. The van der Waals surface area contributed by atoms with Crippen molar-refractivity contribution in [1.82, 2.24) is 14.5 Å². The van der Waals surface area contributed by atoms with Crippen molar-refractivity contribution < 1.29 is 39.3 Å². The summed E-state index contributed by atoms with van der Waals surface area (Å²) >= 11 is 0. The SMILES string of the molecule is Cc1ccnc2c(-c3[c-]c(-c4cc(-c5ccc(C(F)(F)F)cc5)cc5c4nc(-c4cc(C(C)(C)C)ccc4O)n5-c4ccc(C(C)(C)C)cc4)ccc3)cc(C(C(C)C)C(C)C)cc12.[Pt]. The van der Waals surface area contributed by atoms with Gasteiger partial charge < -0.3 is 5.11 Å². The molecular formula is C57H57F3N3OPt-. The molecule has 0 aliphatic rings. The Bertz CT molecular complexity index is 3010. The van der Waals surface area contributed by atoms with Crippen molar-refractivity contribution >= 4 is 21.9 Å². The number of aromatic nitrogens is 3. The average Bonchev–Trinajstić information content (AvgIpc) is 3.61. The van der Waals surface area contributed by atoms with Crippen molar-refractivity contribution in [3.8, 4) is 56.2 Å². The van der Waals surface area contributed by atoms with E-state index in [1.807, 2.05) is 42.6 Å². The van der Waals surface area contributed by atoms with E-state index in [1.165, 1.54) is 17.7 Å². The molecule has 0 radical (unpaired) electrons. The fourth-order valence-corrected chi connectivity index (χ4v) is 9.27. The molecule has 0 amide bonds. The van der Waals surface area contributed by atoms with Gasteiger partial charge in [0.15, 0.2) is 0 Å². The summed E-state index contributed by atoms with van der Waals surface area (Å²) in [6.45, 7) is 24.2. The number of pyridine rings is 1. The van der Waals surface area contributed by atoms with Crippen molar-refractivity contribution in [2.24, 2.45) is 11.8 Å². The molecule has 0 unspecified atom stereocenters. The van der Waals surface area contributed by atoms with Crippen molar-refractivity contribution in [3.05, 3.63) is 155 Å². The number of alkyl halides is 3. The molecule has 65 heavy (non-hydrogen) atoms. The number of hydrogen-bond acceptors (Lipinski definition) is 3. The van der Waals surface area contributed by atoms with Crippen molar-refractivity contribution in [2.75, 3.05) is 0 Å². The van der Waals surface area contributed by atoms with Gasteiger partial charge in [0.2, 0.25) is 0 Å². The number of aryl methyl sites for hydroxylation is 1. The number of halogens is 3. The largest absolute Gasteiger partial charge is 0.507 e. The molecule has 0 saturated heterocycles. The maximum Gasteiger partial charge on any atom is 0.416 e. The molecule has 0 bridgehead atoms. The third kappa shape index (κ3) is 9.32. The summed E-state index contributed by atoms with van der Waals surface area (Å²) in [4.78, 5) is 10.4. The number of nitrogens with zero attached hydrogens (tertiary/aromatic N) is 3. The smallest absolute Gasteiger partial charge is 0.416 e. The normalized spacial score (nSPS) is 12.5. The molecule has 8 rings (SSSR count). The standard InChI is InChI=1S/C57H57F3N3O.Pt/c1-33(2)51(34(3)4)40-29-45-35(5)25-26-61-52(45)46(30-40)37-13-12-14-38(27-37)47-28-39(36-15-17-42(18-16-36)57(58,59)60)31-49-53(47)62-54(48-32-43(56(9,10)11)21-24-50(48)64)63(49)44-22-19-41(20-23-44)55(6,7)8;/h12-26,28-34,51,64H,1-11H3;/q-1;. The maximum absolute atomic E-state index is 13.9. The van der Waals surface area contributed by atoms with Crippen LogP contribution in [0, 0.1) is 24.8 Å². The Morgan fingerprint density at radius 1 is 0.615 bits per heavy atom. The molecule has 0 atom stereocenters. The second-order valence-corrected chi connectivity index (χ2v) is 20.1. The van der Waals surface area contributed by atoms with Gasteiger partial charge in [-0.3, -0.25) is 9.55 Å². The van der Waals surface area contributed by atoms with Gasteiger partial charge >= 0.3 is 6.18 Å². The minimum Gasteiger partial charge on any atom is -0.507 e. The number of hydrogen-bond donors (Lipinski definition) is 1. The van der Waals surface area contributed by atoms with Crippen LogP contribution in [0.25, 0.3) is 72.4 Å². The number of phenols is 1. The van der Waals surface area contributed by atoms with E-state index in [2.05, 4.69) is 135 Å². The van der Waals surface area contributed by atoms with E-state index in [4.69, 9.17) is 9.97 Å². The van der Waals surface area contributed by atoms with Gasteiger partial charge in [0.1, 0.15) is 11.6 Å². The Morgan fingerprint density at radius 2 is 1.20 bits per heavy atom. The molecule has 0 aliphatic carbocycles. The molecular weight excluding hydrogens is 995 g/mol. The van der Waals surface area contributed by atoms with E-state index in [0.29, 0.717) is 45.8 Å². The molecule has 4 nitrogen and oxygen atoms in total. The van der Waals surface area contributed by atoms with Crippen LogP contribution < -0.4 is 0 Å². The first-order valence-corrected chi connectivity index (χ1v) is 22.2. The third-order valence-electron chi connectivity index (χ3n) is 12.7. The number of fused-ring (bicyclic) bond motifs is 2. The van der Waals surface area contributed by atoms with Crippen LogP contribution in [-0.4, -0.2) is 19.6 Å². The molecule has 0 fully saturated rings. The van der Waals surface area contributed by atoms with Crippen LogP contribution in [0.4, 0.5) is 13.2 Å². The molecule has 338 valence electrons. The summed E-state index contributed by atoms with van der Waals surface area (Å²) in [5.74, 6) is 1.77. The van der Waals surface area contributed by atoms with Crippen LogP contribution in [0.3, 0.4) is 0 Å². The van der Waals surface area contributed by atoms with E-state index in [0.717, 1.165) is 73.2 Å². The van der Waals surface area contributed by atoms with Gasteiger partial charge in [-0.05, 0) is 117 Å². The molecule has 0 spiro atoms. The zero-order valence-corrected chi connectivity index (χ0v) is 41.3. The Balaban J connectivity index is 0.00000630. The van der Waals surface area contributed by atoms with Crippen LogP contribution in [0.1, 0.15) is 103 Å². The van der Waals surface area contributed by atoms with Gasteiger partial charge in [0.25, 0.3) is 0 Å². The molecule has 0 saturated carbocycles. The summed E-state index contributed by atoms with van der Waals surface area (Å²) in [5, 5.41) is 12.8. The number of rotatable bonds is 8. The predicted octanol–water partition coefficient (Wildman–Crippen LogP) is 16.1. The first-order valence-electron chi connectivity index (χ1n) is 22.2. The van der Waals surface area contributed by atoms with Gasteiger partial charge in [0, 0.05) is 38.5 Å². The zero-order chi connectivity index (χ0) is 46.0. The molecule has 8 aromatic rings. The van der Waals surface area contributed by atoms with E-state index in [1.54, 1.807) is 6.07 Å². The van der Waals surface area contributed by atoms with Crippen LogP contribution in [-0.2, 0) is 38.1 Å². The summed E-state index contributed by atoms with van der Waals surface area (Å²) in [5.41, 5.74) is 11.9. The predicted molar refractivity (Wildman–Crippen MR) is 258 cm³/mol. The summed E-state index contributed by atoms with van der Waals surface area (Å²) in [6.07, 6.45) is -2.62. The Morgan fingerprint density at radius 3 is 1.78 bits per heavy atom. The monoisotopic (exact) mass is 1050 g/mol. The average molecular weight is 1050 g/mol. The summed E-state index contributed by atoms with van der Waals surface area (Å²) in [6, 6.07) is 39.9. The van der Waals surface area contributed by atoms with Gasteiger partial charge in [-0.25, -0.2) is 4.98 Å². The Hall–Kier alpha value is -5.52. The van der Waals surface area contributed by atoms with E-state index < -0.39 is 11.7 Å². The molecule has 6 aromatic carbocycles. The zero-order valence-electron chi connectivity index (χ0n) is 39.0. The second kappa shape index (κ2) is 17.7. The van der Waals surface area contributed by atoms with Gasteiger partial charge in [-0.1, -0.05) is 134 Å². The Labute approximate surface area is 396 Å². The van der Waals surface area contributed by atoms with E-state index >= 15 is 0 Å². The van der Waals surface area contributed by atoms with Crippen LogP contribution in [0.5, 0.6) is 5.75 Å². The van der Waals surface area contributed by atoms with Crippen LogP contribution >= 0.6 is 0 Å². The van der Waals surface area contributed by atoms with E-state index in [9.17, 15) is 18.3 Å². The number of benzene rings is 6. The first kappa shape index (κ1) is 47.4. The minimum atomic E-state index is -4.47. The van der Waals surface area contributed by atoms with Crippen molar-refractivity contribution in [1.29, 1.82) is 0 Å². The van der Waals surface area contributed by atoms with Crippen LogP contribution in [0.15, 0.2) is 121 Å². The van der Waals surface area contributed by atoms with Crippen molar-refractivity contribution in [3.63, 3.8) is 0 Å².